The van der Waals surface area contributed by atoms with Gasteiger partial charge in [0.2, 0.25) is 11.8 Å². The van der Waals surface area contributed by atoms with E-state index in [1.165, 1.54) is 28.0 Å². The summed E-state index contributed by atoms with van der Waals surface area (Å²) in [6.45, 7) is 5.02. The number of aromatic nitrogens is 4. The first-order chi connectivity index (χ1) is 14.7. The number of carbonyl (C=O) groups excluding carboxylic acids is 2. The zero-order chi connectivity index (χ0) is 22.4. The Morgan fingerprint density at radius 2 is 2.10 bits per heavy atom. The van der Waals surface area contributed by atoms with E-state index in [1.807, 2.05) is 0 Å². The fraction of sp³-hybridized carbons (Fsp3) is 0.471. The molecule has 1 fully saturated rings. The largest absolute Gasteiger partial charge is 0.477 e. The van der Waals surface area contributed by atoms with Gasteiger partial charge >= 0.3 is 5.97 Å². The predicted octanol–water partition coefficient (Wildman–Crippen LogP) is 1.05. The summed E-state index contributed by atoms with van der Waals surface area (Å²) in [4.78, 5) is 42.7. The van der Waals surface area contributed by atoms with E-state index in [4.69, 9.17) is 4.52 Å². The van der Waals surface area contributed by atoms with Gasteiger partial charge in [0.1, 0.15) is 33.0 Å². The highest BCUT2D eigenvalue weighted by Gasteiger charge is 2.55. The van der Waals surface area contributed by atoms with E-state index in [2.05, 4.69) is 38.3 Å². The van der Waals surface area contributed by atoms with E-state index in [-0.39, 0.29) is 11.6 Å². The maximum absolute atomic E-state index is 12.8. The first-order valence-electron chi connectivity index (χ1n) is 9.18. The van der Waals surface area contributed by atoms with E-state index in [1.54, 1.807) is 20.8 Å². The van der Waals surface area contributed by atoms with Gasteiger partial charge in [0.15, 0.2) is 5.82 Å². The van der Waals surface area contributed by atoms with Gasteiger partial charge < -0.3 is 14.9 Å². The van der Waals surface area contributed by atoms with E-state index >= 15 is 0 Å². The minimum Gasteiger partial charge on any atom is -0.477 e. The number of aliphatic carboxylic acids is 1. The smallest absolute Gasteiger partial charge is 0.352 e. The van der Waals surface area contributed by atoms with Crippen molar-refractivity contribution < 1.29 is 24.0 Å². The molecule has 11 nitrogen and oxygen atoms in total. The van der Waals surface area contributed by atoms with Gasteiger partial charge in [-0.05, 0) is 26.3 Å². The minimum atomic E-state index is -1.23. The van der Waals surface area contributed by atoms with Crippen LogP contribution in [-0.4, -0.2) is 65.3 Å². The number of nitrogens with zero attached hydrogens (tertiary/aromatic N) is 5. The highest BCUT2D eigenvalue weighted by molar-refractivity contribution is 8.00. The third kappa shape index (κ3) is 3.83. The SMILES string of the molecule is Cc1noc(C(C)C(=O)NC2C(=O)N3C(C(=O)O)=C(C(S)c4nnc(C)s4)CS[C@H]23)n1. The molecule has 2 aliphatic heterocycles. The fourth-order valence-electron chi connectivity index (χ4n) is 3.30. The molecule has 0 bridgehead atoms. The summed E-state index contributed by atoms with van der Waals surface area (Å²) in [5.41, 5.74) is 0.355. The summed E-state index contributed by atoms with van der Waals surface area (Å²) in [7, 11) is 0. The Morgan fingerprint density at radius 3 is 2.68 bits per heavy atom. The molecule has 1 saturated heterocycles. The van der Waals surface area contributed by atoms with Crippen molar-refractivity contribution >= 4 is 53.5 Å². The molecular weight excluding hydrogens is 464 g/mol. The summed E-state index contributed by atoms with van der Waals surface area (Å²) in [5.74, 6) is -2.05. The average molecular weight is 483 g/mol. The molecule has 3 unspecified atom stereocenters. The molecular formula is C17H18N6O5S3. The number of aryl methyl sites for hydroxylation is 2. The fourth-order valence-corrected chi connectivity index (χ4v) is 5.96. The van der Waals surface area contributed by atoms with Crippen LogP contribution < -0.4 is 5.32 Å². The van der Waals surface area contributed by atoms with Crippen LogP contribution in [0.5, 0.6) is 0 Å². The van der Waals surface area contributed by atoms with E-state index < -0.39 is 40.4 Å². The first-order valence-corrected chi connectivity index (χ1v) is 11.6. The van der Waals surface area contributed by atoms with Crippen molar-refractivity contribution in [2.75, 3.05) is 5.75 Å². The molecule has 4 heterocycles. The molecule has 4 rings (SSSR count). The zero-order valence-electron chi connectivity index (χ0n) is 16.6. The van der Waals surface area contributed by atoms with E-state index in [0.29, 0.717) is 22.2 Å². The lowest BCUT2D eigenvalue weighted by atomic mass is 10.0. The summed E-state index contributed by atoms with van der Waals surface area (Å²) in [6.07, 6.45) is 0. The van der Waals surface area contributed by atoms with Crippen LogP contribution in [0.25, 0.3) is 0 Å². The molecule has 2 N–H and O–H groups in total. The van der Waals surface area contributed by atoms with Crippen LogP contribution in [0.3, 0.4) is 0 Å². The van der Waals surface area contributed by atoms with Crippen LogP contribution in [0.1, 0.15) is 39.8 Å². The number of fused-ring (bicyclic) bond motifs is 1. The van der Waals surface area contributed by atoms with Crippen LogP contribution in [0.15, 0.2) is 15.8 Å². The quantitative estimate of drug-likeness (QED) is 0.402. The number of rotatable bonds is 6. The Balaban J connectivity index is 1.53. The Kier molecular flexibility index (Phi) is 5.79. The molecule has 0 radical (unpaired) electrons. The van der Waals surface area contributed by atoms with Gasteiger partial charge in [-0.25, -0.2) is 4.79 Å². The predicted molar refractivity (Wildman–Crippen MR) is 114 cm³/mol. The van der Waals surface area contributed by atoms with Crippen molar-refractivity contribution in [2.24, 2.45) is 0 Å². The molecule has 0 saturated carbocycles. The van der Waals surface area contributed by atoms with Gasteiger partial charge in [-0.2, -0.15) is 17.6 Å². The normalized spacial score (nSPS) is 22.6. The van der Waals surface area contributed by atoms with Gasteiger partial charge in [0.05, 0.1) is 5.25 Å². The number of thioether (sulfide) groups is 1. The van der Waals surface area contributed by atoms with Gasteiger partial charge in [-0.1, -0.05) is 5.16 Å². The number of hydrogen-bond acceptors (Lipinski definition) is 11. The van der Waals surface area contributed by atoms with Gasteiger partial charge in [0, 0.05) is 5.75 Å². The molecule has 2 aliphatic rings. The van der Waals surface area contributed by atoms with Crippen molar-refractivity contribution in [2.45, 2.75) is 43.4 Å². The summed E-state index contributed by atoms with van der Waals surface area (Å²) >= 11 is 7.23. The lowest BCUT2D eigenvalue weighted by molar-refractivity contribution is -0.150. The van der Waals surface area contributed by atoms with Gasteiger partial charge in [0.25, 0.3) is 5.91 Å². The summed E-state index contributed by atoms with van der Waals surface area (Å²) in [6, 6.07) is -0.845. The third-order valence-corrected chi connectivity index (χ3v) is 7.85. The Morgan fingerprint density at radius 1 is 1.35 bits per heavy atom. The van der Waals surface area contributed by atoms with Crippen LogP contribution in [0, 0.1) is 13.8 Å². The molecule has 14 heteroatoms. The highest BCUT2D eigenvalue weighted by atomic mass is 32.2. The van der Waals surface area contributed by atoms with Crippen molar-refractivity contribution in [3.05, 3.63) is 33.0 Å². The zero-order valence-corrected chi connectivity index (χ0v) is 19.1. The van der Waals surface area contributed by atoms with Crippen LogP contribution >= 0.6 is 35.7 Å². The van der Waals surface area contributed by atoms with Crippen molar-refractivity contribution in [3.8, 4) is 0 Å². The molecule has 2 aromatic rings. The molecule has 0 aromatic carbocycles. The monoisotopic (exact) mass is 482 g/mol. The van der Waals surface area contributed by atoms with Crippen molar-refractivity contribution in [1.29, 1.82) is 0 Å². The molecule has 164 valence electrons. The summed E-state index contributed by atoms with van der Waals surface area (Å²) in [5, 5.41) is 24.3. The Labute approximate surface area is 190 Å². The maximum atomic E-state index is 12.8. The van der Waals surface area contributed by atoms with Crippen molar-refractivity contribution in [1.82, 2.24) is 30.6 Å². The van der Waals surface area contributed by atoms with E-state index in [9.17, 15) is 19.5 Å². The lowest BCUT2D eigenvalue weighted by Gasteiger charge is -2.50. The second-order valence-corrected chi connectivity index (χ2v) is 9.87. The molecule has 0 aliphatic carbocycles. The number of thiol groups is 1. The minimum absolute atomic E-state index is 0.118. The molecule has 4 atom stereocenters. The van der Waals surface area contributed by atoms with Gasteiger partial charge in [-0.3, -0.25) is 14.5 Å². The number of carbonyl (C=O) groups is 3. The van der Waals surface area contributed by atoms with Crippen LogP contribution in [-0.2, 0) is 14.4 Å². The topological polar surface area (TPSA) is 151 Å². The number of carboxylic acid groups (broad SMARTS) is 1. The summed E-state index contributed by atoms with van der Waals surface area (Å²) < 4.78 is 5.02. The Hall–Kier alpha value is -2.45. The van der Waals surface area contributed by atoms with Crippen LogP contribution in [0.2, 0.25) is 0 Å². The van der Waals surface area contributed by atoms with Crippen molar-refractivity contribution in [3.63, 3.8) is 0 Å². The molecule has 2 aromatic heterocycles. The number of hydrogen-bond donors (Lipinski definition) is 3. The Bertz CT molecular complexity index is 1100. The lowest BCUT2D eigenvalue weighted by Crippen LogP contribution is -2.70. The van der Waals surface area contributed by atoms with Crippen LogP contribution in [0.4, 0.5) is 0 Å². The number of β-lactam (4-membered cyclic amide) rings is 1. The molecule has 2 amide bonds. The van der Waals surface area contributed by atoms with E-state index in [0.717, 1.165) is 5.01 Å². The highest BCUT2D eigenvalue weighted by Crippen LogP contribution is 2.45. The third-order valence-electron chi connectivity index (χ3n) is 4.91. The van der Waals surface area contributed by atoms with Gasteiger partial charge in [-0.15, -0.1) is 33.3 Å². The standard InChI is InChI=1S/C17H18N6O5S3/c1-5(13-18-6(2)22-28-13)12(24)19-9-15(25)23-10(17(26)27)8(4-30-16(9)23)11(29)14-21-20-7(3)31-14/h5,9,11,16,29H,4H2,1-3H3,(H,19,24)(H,26,27)/t5?,9?,11?,16-/m1/s1. The second kappa shape index (κ2) is 8.24. The molecule has 0 spiro atoms. The maximum Gasteiger partial charge on any atom is 0.352 e. The number of carboxylic acids is 1. The first kappa shape index (κ1) is 21.8. The number of nitrogens with one attached hydrogen (secondary N) is 1. The molecule has 31 heavy (non-hydrogen) atoms. The number of amides is 2. The second-order valence-electron chi connectivity index (χ2n) is 7.04. The average Bonchev–Trinajstić information content (AvgIpc) is 3.37.